The molecule has 2 N–H and O–H groups in total. The molecular weight excluding hydrogens is 242 g/mol. The van der Waals surface area contributed by atoms with E-state index in [4.69, 9.17) is 9.57 Å². The quantitative estimate of drug-likeness (QED) is 0.560. The molecule has 0 saturated heterocycles. The van der Waals surface area contributed by atoms with Gasteiger partial charge in [-0.3, -0.25) is 0 Å². The molecule has 1 rings (SSSR count). The number of rotatable bonds is 8. The number of benzene rings is 1. The van der Waals surface area contributed by atoms with Gasteiger partial charge in [0.05, 0.1) is 13.2 Å². The van der Waals surface area contributed by atoms with Crippen LogP contribution in [0.3, 0.4) is 0 Å². The SMILES string of the molecule is Cc1cccc(C)c1OCC(O)CNOCC(C)C. The predicted molar refractivity (Wildman–Crippen MR) is 76.2 cm³/mol. The Morgan fingerprint density at radius 1 is 1.16 bits per heavy atom. The lowest BCUT2D eigenvalue weighted by atomic mass is 10.1. The van der Waals surface area contributed by atoms with Gasteiger partial charge in [0.1, 0.15) is 18.5 Å². The minimum absolute atomic E-state index is 0.254. The first kappa shape index (κ1) is 16.0. The molecule has 0 aromatic heterocycles. The van der Waals surface area contributed by atoms with Crippen LogP contribution in [0.1, 0.15) is 25.0 Å². The molecule has 0 aliphatic heterocycles. The molecule has 1 aromatic carbocycles. The van der Waals surface area contributed by atoms with E-state index in [9.17, 15) is 5.11 Å². The number of para-hydroxylation sites is 1. The van der Waals surface area contributed by atoms with Crippen molar-refractivity contribution in [2.45, 2.75) is 33.8 Å². The molecule has 4 nitrogen and oxygen atoms in total. The van der Waals surface area contributed by atoms with Crippen LogP contribution in [0.2, 0.25) is 0 Å². The Kier molecular flexibility index (Phi) is 6.84. The van der Waals surface area contributed by atoms with Crippen molar-refractivity contribution in [3.05, 3.63) is 29.3 Å². The Balaban J connectivity index is 2.28. The van der Waals surface area contributed by atoms with E-state index in [0.29, 0.717) is 19.1 Å². The van der Waals surface area contributed by atoms with E-state index in [0.717, 1.165) is 16.9 Å². The van der Waals surface area contributed by atoms with E-state index in [1.54, 1.807) is 0 Å². The molecule has 0 aliphatic rings. The molecule has 1 aromatic rings. The summed E-state index contributed by atoms with van der Waals surface area (Å²) in [5.74, 6) is 1.32. The van der Waals surface area contributed by atoms with Crippen molar-refractivity contribution in [2.24, 2.45) is 5.92 Å². The zero-order valence-corrected chi connectivity index (χ0v) is 12.3. The number of ether oxygens (including phenoxy) is 1. The van der Waals surface area contributed by atoms with Gasteiger partial charge in [-0.05, 0) is 30.9 Å². The van der Waals surface area contributed by atoms with Crippen LogP contribution in [-0.2, 0) is 4.84 Å². The highest BCUT2D eigenvalue weighted by Crippen LogP contribution is 2.22. The Morgan fingerprint density at radius 2 is 1.79 bits per heavy atom. The summed E-state index contributed by atoms with van der Waals surface area (Å²) >= 11 is 0. The van der Waals surface area contributed by atoms with Gasteiger partial charge in [-0.1, -0.05) is 32.0 Å². The van der Waals surface area contributed by atoms with Crippen LogP contribution >= 0.6 is 0 Å². The largest absolute Gasteiger partial charge is 0.490 e. The Morgan fingerprint density at radius 3 is 2.37 bits per heavy atom. The number of aryl methyl sites for hydroxylation is 2. The van der Waals surface area contributed by atoms with Gasteiger partial charge in [0.15, 0.2) is 0 Å². The standard InChI is InChI=1S/C15H25NO3/c1-11(2)9-19-16-8-14(17)10-18-15-12(3)6-5-7-13(15)4/h5-7,11,14,16-17H,8-10H2,1-4H3. The highest BCUT2D eigenvalue weighted by atomic mass is 16.6. The molecule has 108 valence electrons. The van der Waals surface area contributed by atoms with Gasteiger partial charge in [0.25, 0.3) is 0 Å². The van der Waals surface area contributed by atoms with Crippen molar-refractivity contribution >= 4 is 0 Å². The lowest BCUT2D eigenvalue weighted by molar-refractivity contribution is -0.00782. The van der Waals surface area contributed by atoms with Crippen LogP contribution in [0.15, 0.2) is 18.2 Å². The van der Waals surface area contributed by atoms with Crippen molar-refractivity contribution < 1.29 is 14.7 Å². The molecular formula is C15H25NO3. The maximum Gasteiger partial charge on any atom is 0.125 e. The van der Waals surface area contributed by atoms with Crippen LogP contribution in [0.4, 0.5) is 0 Å². The van der Waals surface area contributed by atoms with Crippen molar-refractivity contribution in [3.8, 4) is 5.75 Å². The zero-order chi connectivity index (χ0) is 14.3. The fourth-order valence-corrected chi connectivity index (χ4v) is 1.65. The average Bonchev–Trinajstić information content (AvgIpc) is 2.34. The Bertz CT molecular complexity index is 359. The molecule has 0 saturated carbocycles. The fraction of sp³-hybridized carbons (Fsp3) is 0.600. The van der Waals surface area contributed by atoms with Crippen LogP contribution in [-0.4, -0.2) is 31.0 Å². The summed E-state index contributed by atoms with van der Waals surface area (Å²) in [4.78, 5) is 5.20. The number of hydroxylamine groups is 1. The molecule has 1 atom stereocenters. The van der Waals surface area contributed by atoms with Gasteiger partial charge in [-0.15, -0.1) is 0 Å². The van der Waals surface area contributed by atoms with Crippen molar-refractivity contribution in [3.63, 3.8) is 0 Å². The number of hydrogen-bond acceptors (Lipinski definition) is 4. The number of aliphatic hydroxyl groups excluding tert-OH is 1. The predicted octanol–water partition coefficient (Wildman–Crippen LogP) is 2.22. The minimum Gasteiger partial charge on any atom is -0.490 e. The van der Waals surface area contributed by atoms with E-state index >= 15 is 0 Å². The summed E-state index contributed by atoms with van der Waals surface area (Å²) in [6, 6.07) is 5.99. The molecule has 0 heterocycles. The van der Waals surface area contributed by atoms with Gasteiger partial charge in [-0.2, -0.15) is 5.48 Å². The van der Waals surface area contributed by atoms with Crippen LogP contribution in [0, 0.1) is 19.8 Å². The molecule has 0 fully saturated rings. The fourth-order valence-electron chi connectivity index (χ4n) is 1.65. The molecule has 0 bridgehead atoms. The first-order chi connectivity index (χ1) is 9.00. The summed E-state index contributed by atoms with van der Waals surface area (Å²) in [5.41, 5.74) is 4.91. The van der Waals surface area contributed by atoms with Gasteiger partial charge < -0.3 is 14.7 Å². The van der Waals surface area contributed by atoms with Crippen LogP contribution < -0.4 is 10.2 Å². The third-order valence-electron chi connectivity index (χ3n) is 2.67. The number of nitrogens with one attached hydrogen (secondary N) is 1. The number of hydrogen-bond donors (Lipinski definition) is 2. The second-order valence-corrected chi connectivity index (χ2v) is 5.24. The monoisotopic (exact) mass is 267 g/mol. The van der Waals surface area contributed by atoms with Gasteiger partial charge in [0.2, 0.25) is 0 Å². The van der Waals surface area contributed by atoms with Crippen molar-refractivity contribution in [2.75, 3.05) is 19.8 Å². The highest BCUT2D eigenvalue weighted by molar-refractivity contribution is 5.39. The molecule has 0 spiro atoms. The van der Waals surface area contributed by atoms with Crippen LogP contribution in [0.25, 0.3) is 0 Å². The molecule has 19 heavy (non-hydrogen) atoms. The normalized spacial score (nSPS) is 12.7. The Hall–Kier alpha value is -1.10. The third kappa shape index (κ3) is 6.05. The van der Waals surface area contributed by atoms with E-state index < -0.39 is 6.10 Å². The summed E-state index contributed by atoms with van der Waals surface area (Å²) < 4.78 is 5.66. The first-order valence-electron chi connectivity index (χ1n) is 6.72. The number of aliphatic hydroxyl groups is 1. The zero-order valence-electron chi connectivity index (χ0n) is 12.3. The molecule has 4 heteroatoms. The minimum atomic E-state index is -0.592. The summed E-state index contributed by atoms with van der Waals surface area (Å²) in [5, 5.41) is 9.79. The lowest BCUT2D eigenvalue weighted by Gasteiger charge is -2.16. The molecule has 0 amide bonds. The average molecular weight is 267 g/mol. The maximum atomic E-state index is 9.79. The van der Waals surface area contributed by atoms with Crippen molar-refractivity contribution in [1.29, 1.82) is 0 Å². The molecule has 1 unspecified atom stereocenters. The van der Waals surface area contributed by atoms with E-state index in [1.165, 1.54) is 0 Å². The summed E-state index contributed by atoms with van der Waals surface area (Å²) in [7, 11) is 0. The molecule has 0 aliphatic carbocycles. The second-order valence-electron chi connectivity index (χ2n) is 5.24. The van der Waals surface area contributed by atoms with Crippen LogP contribution in [0.5, 0.6) is 5.75 Å². The summed E-state index contributed by atoms with van der Waals surface area (Å²) in [6.07, 6.45) is -0.592. The third-order valence-corrected chi connectivity index (χ3v) is 2.67. The van der Waals surface area contributed by atoms with E-state index in [-0.39, 0.29) is 6.61 Å². The smallest absolute Gasteiger partial charge is 0.125 e. The lowest BCUT2D eigenvalue weighted by Crippen LogP contribution is -2.32. The second kappa shape index (κ2) is 8.15. The van der Waals surface area contributed by atoms with Gasteiger partial charge in [-0.25, -0.2) is 0 Å². The van der Waals surface area contributed by atoms with E-state index in [2.05, 4.69) is 19.3 Å². The topological polar surface area (TPSA) is 50.7 Å². The Labute approximate surface area is 115 Å². The highest BCUT2D eigenvalue weighted by Gasteiger charge is 2.08. The summed E-state index contributed by atoms with van der Waals surface area (Å²) in [6.45, 7) is 9.38. The maximum absolute atomic E-state index is 9.79. The van der Waals surface area contributed by atoms with Gasteiger partial charge in [0, 0.05) is 0 Å². The van der Waals surface area contributed by atoms with E-state index in [1.807, 2.05) is 32.0 Å². The molecule has 0 radical (unpaired) electrons. The first-order valence-corrected chi connectivity index (χ1v) is 6.72. The van der Waals surface area contributed by atoms with Crippen molar-refractivity contribution in [1.82, 2.24) is 5.48 Å². The van der Waals surface area contributed by atoms with Gasteiger partial charge >= 0.3 is 0 Å².